The molecule has 2 N–H and O–H groups in total. The van der Waals surface area contributed by atoms with E-state index < -0.39 is 0 Å². The van der Waals surface area contributed by atoms with Gasteiger partial charge in [-0.2, -0.15) is 0 Å². The Hall–Kier alpha value is -1.39. The van der Waals surface area contributed by atoms with Gasteiger partial charge in [-0.25, -0.2) is 4.98 Å². The maximum absolute atomic E-state index is 6.09. The Labute approximate surface area is 99.1 Å². The molecule has 2 rings (SSSR count). The van der Waals surface area contributed by atoms with Crippen LogP contribution in [0.1, 0.15) is 17.4 Å². The molecule has 0 amide bonds. The molecule has 2 heterocycles. The van der Waals surface area contributed by atoms with E-state index in [9.17, 15) is 0 Å². The lowest BCUT2D eigenvalue weighted by atomic mass is 10.1. The third-order valence-corrected chi connectivity index (χ3v) is 2.84. The molecule has 84 valence electrons. The van der Waals surface area contributed by atoms with Gasteiger partial charge in [0.15, 0.2) is 0 Å². The normalized spacial score (nSPS) is 12.7. The number of hydrogen-bond acceptors (Lipinski definition) is 3. The molecule has 5 heteroatoms. The lowest BCUT2D eigenvalue weighted by Crippen LogP contribution is -2.16. The van der Waals surface area contributed by atoms with Crippen LogP contribution in [0, 0.1) is 0 Å². The van der Waals surface area contributed by atoms with Crippen LogP contribution in [0.2, 0.25) is 5.02 Å². The highest BCUT2D eigenvalue weighted by molar-refractivity contribution is 6.31. The van der Waals surface area contributed by atoms with Crippen LogP contribution in [-0.2, 0) is 13.5 Å². The molecule has 0 aliphatic rings. The molecular weight excluding hydrogens is 224 g/mol. The molecule has 0 aliphatic carbocycles. The minimum absolute atomic E-state index is 0.156. The molecule has 0 aromatic carbocycles. The number of nitrogens with two attached hydrogens (primary N) is 1. The zero-order valence-electron chi connectivity index (χ0n) is 8.97. The van der Waals surface area contributed by atoms with Crippen molar-refractivity contribution in [3.63, 3.8) is 0 Å². The van der Waals surface area contributed by atoms with E-state index in [1.807, 2.05) is 23.9 Å². The Morgan fingerprint density at radius 1 is 1.50 bits per heavy atom. The number of aromatic nitrogens is 3. The molecule has 0 aliphatic heterocycles. The first-order valence-corrected chi connectivity index (χ1v) is 5.37. The van der Waals surface area contributed by atoms with E-state index in [-0.39, 0.29) is 6.04 Å². The van der Waals surface area contributed by atoms with Gasteiger partial charge in [-0.15, -0.1) is 0 Å². The molecule has 0 fully saturated rings. The summed E-state index contributed by atoms with van der Waals surface area (Å²) in [6.45, 7) is 0. The van der Waals surface area contributed by atoms with Crippen molar-refractivity contribution in [1.29, 1.82) is 0 Å². The maximum atomic E-state index is 6.09. The van der Waals surface area contributed by atoms with E-state index in [1.54, 1.807) is 18.6 Å². The van der Waals surface area contributed by atoms with Crippen LogP contribution < -0.4 is 5.73 Å². The van der Waals surface area contributed by atoms with Crippen LogP contribution in [0.5, 0.6) is 0 Å². The average molecular weight is 237 g/mol. The molecular formula is C11H13ClN4. The van der Waals surface area contributed by atoms with Crippen molar-refractivity contribution < 1.29 is 0 Å². The van der Waals surface area contributed by atoms with Gasteiger partial charge in [0.1, 0.15) is 5.82 Å². The Morgan fingerprint density at radius 2 is 2.31 bits per heavy atom. The van der Waals surface area contributed by atoms with Crippen molar-refractivity contribution in [3.8, 4) is 0 Å². The molecule has 1 atom stereocenters. The number of hydrogen-bond donors (Lipinski definition) is 1. The molecule has 0 bridgehead atoms. The molecule has 16 heavy (non-hydrogen) atoms. The molecule has 1 unspecified atom stereocenters. The first kappa shape index (κ1) is 11.1. The number of pyridine rings is 1. The van der Waals surface area contributed by atoms with Gasteiger partial charge in [-0.05, 0) is 11.6 Å². The van der Waals surface area contributed by atoms with E-state index in [0.717, 1.165) is 11.4 Å². The molecule has 0 spiro atoms. The summed E-state index contributed by atoms with van der Waals surface area (Å²) in [5.41, 5.74) is 6.99. The summed E-state index contributed by atoms with van der Waals surface area (Å²) in [5, 5.41) is 0.601. The van der Waals surface area contributed by atoms with E-state index >= 15 is 0 Å². The van der Waals surface area contributed by atoms with Gasteiger partial charge < -0.3 is 10.3 Å². The summed E-state index contributed by atoms with van der Waals surface area (Å²) >= 11 is 6.03. The Kier molecular flexibility index (Phi) is 3.22. The van der Waals surface area contributed by atoms with Crippen LogP contribution in [0.25, 0.3) is 0 Å². The smallest absolute Gasteiger partial charge is 0.110 e. The van der Waals surface area contributed by atoms with Gasteiger partial charge in [0.25, 0.3) is 0 Å². The quantitative estimate of drug-likeness (QED) is 0.883. The Morgan fingerprint density at radius 3 is 2.94 bits per heavy atom. The van der Waals surface area contributed by atoms with Gasteiger partial charge in [0.05, 0.1) is 5.02 Å². The van der Waals surface area contributed by atoms with Crippen LogP contribution in [0.15, 0.2) is 30.9 Å². The first-order chi connectivity index (χ1) is 7.68. The van der Waals surface area contributed by atoms with E-state index in [0.29, 0.717) is 11.4 Å². The predicted octanol–water partition coefficient (Wildman–Crippen LogP) is 1.71. The minimum atomic E-state index is -0.156. The zero-order chi connectivity index (χ0) is 11.5. The van der Waals surface area contributed by atoms with Crippen LogP contribution in [-0.4, -0.2) is 14.5 Å². The predicted molar refractivity (Wildman–Crippen MR) is 63.1 cm³/mol. The summed E-state index contributed by atoms with van der Waals surface area (Å²) < 4.78 is 1.95. The van der Waals surface area contributed by atoms with Crippen LogP contribution >= 0.6 is 11.6 Å². The summed E-state index contributed by atoms with van der Waals surface area (Å²) in [7, 11) is 1.95. The van der Waals surface area contributed by atoms with Crippen molar-refractivity contribution in [1.82, 2.24) is 14.5 Å². The van der Waals surface area contributed by atoms with Crippen molar-refractivity contribution >= 4 is 11.6 Å². The number of imidazole rings is 1. The standard InChI is InChI=1S/C11H13ClN4/c1-16-5-4-15-11(16)6-10(13)8-2-3-14-7-9(8)12/h2-5,7,10H,6,13H2,1H3. The third-order valence-electron chi connectivity index (χ3n) is 2.53. The second kappa shape index (κ2) is 4.63. The summed E-state index contributed by atoms with van der Waals surface area (Å²) in [5.74, 6) is 0.945. The average Bonchev–Trinajstić information content (AvgIpc) is 2.65. The van der Waals surface area contributed by atoms with Crippen molar-refractivity contribution in [2.45, 2.75) is 12.5 Å². The molecule has 4 nitrogen and oxygen atoms in total. The third kappa shape index (κ3) is 2.23. The van der Waals surface area contributed by atoms with Gasteiger partial charge in [0.2, 0.25) is 0 Å². The molecule has 2 aromatic heterocycles. The van der Waals surface area contributed by atoms with Gasteiger partial charge in [0, 0.05) is 44.3 Å². The fourth-order valence-electron chi connectivity index (χ4n) is 1.59. The lowest BCUT2D eigenvalue weighted by Gasteiger charge is -2.12. The maximum Gasteiger partial charge on any atom is 0.110 e. The van der Waals surface area contributed by atoms with Crippen LogP contribution in [0.4, 0.5) is 0 Å². The fourth-order valence-corrected chi connectivity index (χ4v) is 1.85. The monoisotopic (exact) mass is 236 g/mol. The summed E-state index contributed by atoms with van der Waals surface area (Å²) in [6.07, 6.45) is 7.62. The highest BCUT2D eigenvalue weighted by atomic mass is 35.5. The minimum Gasteiger partial charge on any atom is -0.338 e. The van der Waals surface area contributed by atoms with E-state index in [2.05, 4.69) is 9.97 Å². The van der Waals surface area contributed by atoms with Crippen molar-refractivity contribution in [2.75, 3.05) is 0 Å². The number of rotatable bonds is 3. The summed E-state index contributed by atoms with van der Waals surface area (Å²) in [6, 6.07) is 1.69. The fraction of sp³-hybridized carbons (Fsp3) is 0.273. The van der Waals surface area contributed by atoms with Crippen molar-refractivity contribution in [3.05, 3.63) is 47.3 Å². The zero-order valence-corrected chi connectivity index (χ0v) is 9.72. The molecule has 0 saturated heterocycles. The summed E-state index contributed by atoms with van der Waals surface area (Å²) in [4.78, 5) is 8.17. The number of aryl methyl sites for hydroxylation is 1. The number of halogens is 1. The molecule has 0 saturated carbocycles. The number of nitrogens with zero attached hydrogens (tertiary/aromatic N) is 3. The van der Waals surface area contributed by atoms with E-state index in [4.69, 9.17) is 17.3 Å². The SMILES string of the molecule is Cn1ccnc1CC(N)c1ccncc1Cl. The van der Waals surface area contributed by atoms with Crippen molar-refractivity contribution in [2.24, 2.45) is 12.8 Å². The topological polar surface area (TPSA) is 56.7 Å². The Balaban J connectivity index is 2.18. The second-order valence-corrected chi connectivity index (χ2v) is 4.07. The highest BCUT2D eigenvalue weighted by Crippen LogP contribution is 2.22. The molecule has 2 aromatic rings. The highest BCUT2D eigenvalue weighted by Gasteiger charge is 2.12. The first-order valence-electron chi connectivity index (χ1n) is 4.99. The second-order valence-electron chi connectivity index (χ2n) is 3.66. The lowest BCUT2D eigenvalue weighted by molar-refractivity contribution is 0.659. The largest absolute Gasteiger partial charge is 0.338 e. The van der Waals surface area contributed by atoms with Gasteiger partial charge in [-0.3, -0.25) is 4.98 Å². The molecule has 0 radical (unpaired) electrons. The van der Waals surface area contributed by atoms with Gasteiger partial charge >= 0.3 is 0 Å². The Bertz CT molecular complexity index is 480. The van der Waals surface area contributed by atoms with Crippen LogP contribution in [0.3, 0.4) is 0 Å². The van der Waals surface area contributed by atoms with Gasteiger partial charge in [-0.1, -0.05) is 11.6 Å². The van der Waals surface area contributed by atoms with E-state index in [1.165, 1.54) is 0 Å².